The molecule has 0 bridgehead atoms. The fraction of sp³-hybridized carbons (Fsp3) is 0.143. The number of aryl methyl sites for hydroxylation is 1. The zero-order valence-electron chi connectivity index (χ0n) is 9.71. The van der Waals surface area contributed by atoms with Crippen molar-refractivity contribution in [2.24, 2.45) is 0 Å². The van der Waals surface area contributed by atoms with Crippen LogP contribution in [-0.2, 0) is 6.61 Å². The van der Waals surface area contributed by atoms with Crippen molar-refractivity contribution in [2.45, 2.75) is 13.5 Å². The van der Waals surface area contributed by atoms with E-state index in [1.165, 1.54) is 12.1 Å². The normalized spacial score (nSPS) is 10.4. The van der Waals surface area contributed by atoms with Crippen LogP contribution in [0.1, 0.15) is 11.1 Å². The van der Waals surface area contributed by atoms with Crippen LogP contribution < -0.4 is 4.74 Å². The molecule has 0 spiro atoms. The Bertz CT molecular complexity index is 518. The van der Waals surface area contributed by atoms with Crippen molar-refractivity contribution in [1.82, 2.24) is 0 Å². The molecule has 0 aliphatic rings. The molecule has 0 saturated carbocycles. The van der Waals surface area contributed by atoms with Crippen LogP contribution in [0.15, 0.2) is 45.3 Å². The maximum absolute atomic E-state index is 12.9. The average molecular weight is 374 g/mol. The molecule has 0 atom stereocenters. The molecule has 0 fully saturated rings. The first kappa shape index (κ1) is 13.6. The Kier molecular flexibility index (Phi) is 4.40. The molecule has 0 unspecified atom stereocenters. The van der Waals surface area contributed by atoms with Gasteiger partial charge in [-0.2, -0.15) is 0 Å². The van der Waals surface area contributed by atoms with Gasteiger partial charge in [-0.25, -0.2) is 4.39 Å². The van der Waals surface area contributed by atoms with Gasteiger partial charge in [0.15, 0.2) is 0 Å². The Labute approximate surface area is 122 Å². The molecule has 94 valence electrons. The number of halogens is 3. The predicted octanol–water partition coefficient (Wildman–Crippen LogP) is 5.24. The maximum atomic E-state index is 12.9. The van der Waals surface area contributed by atoms with E-state index in [1.807, 2.05) is 25.1 Å². The highest BCUT2D eigenvalue weighted by Gasteiger charge is 2.04. The second-order valence-electron chi connectivity index (χ2n) is 3.93. The summed E-state index contributed by atoms with van der Waals surface area (Å²) in [6.45, 7) is 2.39. The van der Waals surface area contributed by atoms with E-state index >= 15 is 0 Å². The standard InChI is InChI=1S/C14H11Br2FO/c1-9-6-11(15)3-5-14(9)18-8-10-2-4-12(17)7-13(10)16/h2-7H,8H2,1H3. The Morgan fingerprint density at radius 1 is 1.11 bits per heavy atom. The molecule has 0 N–H and O–H groups in total. The molecular formula is C14H11Br2FO. The second kappa shape index (κ2) is 5.85. The van der Waals surface area contributed by atoms with E-state index in [4.69, 9.17) is 4.74 Å². The summed E-state index contributed by atoms with van der Waals surface area (Å²) in [4.78, 5) is 0. The third-order valence-corrected chi connectivity index (χ3v) is 3.77. The summed E-state index contributed by atoms with van der Waals surface area (Å²) >= 11 is 6.73. The van der Waals surface area contributed by atoms with Crippen LogP contribution in [0.4, 0.5) is 4.39 Å². The molecule has 2 aromatic carbocycles. The Balaban J connectivity index is 2.11. The first-order chi connectivity index (χ1) is 8.56. The van der Waals surface area contributed by atoms with Crippen LogP contribution in [0.3, 0.4) is 0 Å². The van der Waals surface area contributed by atoms with Crippen molar-refractivity contribution in [3.63, 3.8) is 0 Å². The lowest BCUT2D eigenvalue weighted by Crippen LogP contribution is -1.98. The van der Waals surface area contributed by atoms with Gasteiger partial charge in [-0.1, -0.05) is 37.9 Å². The molecule has 18 heavy (non-hydrogen) atoms. The summed E-state index contributed by atoms with van der Waals surface area (Å²) < 4.78 is 20.4. The second-order valence-corrected chi connectivity index (χ2v) is 5.70. The summed E-state index contributed by atoms with van der Waals surface area (Å²) in [6.07, 6.45) is 0. The van der Waals surface area contributed by atoms with Crippen LogP contribution in [0, 0.1) is 12.7 Å². The van der Waals surface area contributed by atoms with Crippen molar-refractivity contribution in [2.75, 3.05) is 0 Å². The lowest BCUT2D eigenvalue weighted by atomic mass is 10.2. The molecular weight excluding hydrogens is 363 g/mol. The van der Waals surface area contributed by atoms with E-state index < -0.39 is 0 Å². The lowest BCUT2D eigenvalue weighted by Gasteiger charge is -2.10. The minimum Gasteiger partial charge on any atom is -0.489 e. The summed E-state index contributed by atoms with van der Waals surface area (Å²) in [6, 6.07) is 10.4. The highest BCUT2D eigenvalue weighted by atomic mass is 79.9. The molecule has 0 aromatic heterocycles. The van der Waals surface area contributed by atoms with E-state index in [0.29, 0.717) is 6.61 Å². The number of rotatable bonds is 3. The molecule has 0 amide bonds. The van der Waals surface area contributed by atoms with Gasteiger partial charge in [0.25, 0.3) is 0 Å². The molecule has 0 aliphatic heterocycles. The Morgan fingerprint density at radius 2 is 1.89 bits per heavy atom. The van der Waals surface area contributed by atoms with Gasteiger partial charge in [-0.3, -0.25) is 0 Å². The molecule has 0 heterocycles. The molecule has 0 radical (unpaired) electrons. The van der Waals surface area contributed by atoms with Gasteiger partial charge in [0, 0.05) is 14.5 Å². The smallest absolute Gasteiger partial charge is 0.124 e. The molecule has 0 aliphatic carbocycles. The number of benzene rings is 2. The molecule has 2 rings (SSSR count). The fourth-order valence-corrected chi connectivity index (χ4v) is 2.51. The summed E-state index contributed by atoms with van der Waals surface area (Å²) in [5.74, 6) is 0.569. The van der Waals surface area contributed by atoms with Crippen molar-refractivity contribution in [3.05, 3.63) is 62.3 Å². The van der Waals surface area contributed by atoms with Gasteiger partial charge in [0.1, 0.15) is 18.2 Å². The van der Waals surface area contributed by atoms with Crippen molar-refractivity contribution in [3.8, 4) is 5.75 Å². The van der Waals surface area contributed by atoms with E-state index in [0.717, 1.165) is 25.8 Å². The monoisotopic (exact) mass is 372 g/mol. The molecule has 0 saturated heterocycles. The fourth-order valence-electron chi connectivity index (χ4n) is 1.57. The van der Waals surface area contributed by atoms with Gasteiger partial charge < -0.3 is 4.74 Å². The third-order valence-electron chi connectivity index (χ3n) is 2.54. The summed E-state index contributed by atoms with van der Waals surface area (Å²) in [5, 5.41) is 0. The average Bonchev–Trinajstić information content (AvgIpc) is 2.30. The summed E-state index contributed by atoms with van der Waals surface area (Å²) in [7, 11) is 0. The third kappa shape index (κ3) is 3.33. The first-order valence-electron chi connectivity index (χ1n) is 5.39. The zero-order valence-corrected chi connectivity index (χ0v) is 12.9. The van der Waals surface area contributed by atoms with Gasteiger partial charge in [0.2, 0.25) is 0 Å². The zero-order chi connectivity index (χ0) is 13.1. The lowest BCUT2D eigenvalue weighted by molar-refractivity contribution is 0.303. The van der Waals surface area contributed by atoms with Crippen LogP contribution in [-0.4, -0.2) is 0 Å². The maximum Gasteiger partial charge on any atom is 0.124 e. The van der Waals surface area contributed by atoms with Gasteiger partial charge in [0.05, 0.1) is 0 Å². The quantitative estimate of drug-likeness (QED) is 0.714. The van der Waals surface area contributed by atoms with Crippen LogP contribution in [0.25, 0.3) is 0 Å². The number of hydrogen-bond acceptors (Lipinski definition) is 1. The van der Waals surface area contributed by atoms with Crippen molar-refractivity contribution < 1.29 is 9.13 Å². The number of hydrogen-bond donors (Lipinski definition) is 0. The van der Waals surface area contributed by atoms with Crippen LogP contribution >= 0.6 is 31.9 Å². The topological polar surface area (TPSA) is 9.23 Å². The molecule has 2 aromatic rings. The van der Waals surface area contributed by atoms with Gasteiger partial charge in [-0.15, -0.1) is 0 Å². The van der Waals surface area contributed by atoms with Gasteiger partial charge in [-0.05, 0) is 42.8 Å². The molecule has 4 heteroatoms. The Morgan fingerprint density at radius 3 is 2.56 bits per heavy atom. The molecule has 1 nitrogen and oxygen atoms in total. The summed E-state index contributed by atoms with van der Waals surface area (Å²) in [5.41, 5.74) is 1.97. The minimum absolute atomic E-state index is 0.259. The van der Waals surface area contributed by atoms with E-state index in [-0.39, 0.29) is 5.82 Å². The highest BCUT2D eigenvalue weighted by Crippen LogP contribution is 2.25. The minimum atomic E-state index is -0.259. The predicted molar refractivity (Wildman–Crippen MR) is 77.3 cm³/mol. The number of ether oxygens (including phenoxy) is 1. The van der Waals surface area contributed by atoms with Crippen molar-refractivity contribution >= 4 is 31.9 Å². The van der Waals surface area contributed by atoms with Gasteiger partial charge >= 0.3 is 0 Å². The van der Waals surface area contributed by atoms with Crippen molar-refractivity contribution in [1.29, 1.82) is 0 Å². The van der Waals surface area contributed by atoms with Crippen LogP contribution in [0.2, 0.25) is 0 Å². The van der Waals surface area contributed by atoms with E-state index in [2.05, 4.69) is 31.9 Å². The Hall–Kier alpha value is -0.870. The van der Waals surface area contributed by atoms with E-state index in [9.17, 15) is 4.39 Å². The largest absolute Gasteiger partial charge is 0.489 e. The van der Waals surface area contributed by atoms with Crippen LogP contribution in [0.5, 0.6) is 5.75 Å². The highest BCUT2D eigenvalue weighted by molar-refractivity contribution is 9.10. The SMILES string of the molecule is Cc1cc(Br)ccc1OCc1ccc(F)cc1Br. The first-order valence-corrected chi connectivity index (χ1v) is 6.98. The van der Waals surface area contributed by atoms with E-state index in [1.54, 1.807) is 6.07 Å².